The molecule has 0 saturated carbocycles. The molecule has 0 radical (unpaired) electrons. The van der Waals surface area contributed by atoms with Gasteiger partial charge < -0.3 is 15.8 Å². The fourth-order valence-corrected chi connectivity index (χ4v) is 2.03. The third-order valence-electron chi connectivity index (χ3n) is 3.22. The summed E-state index contributed by atoms with van der Waals surface area (Å²) in [4.78, 5) is 4.04. The predicted octanol–water partition coefficient (Wildman–Crippen LogP) is 3.42. The van der Waals surface area contributed by atoms with Gasteiger partial charge in [0.15, 0.2) is 5.96 Å². The molecular weight excluding hydrogens is 422 g/mol. The minimum atomic E-state index is -4.35. The molecule has 8 heteroatoms. The van der Waals surface area contributed by atoms with Gasteiger partial charge in [0.05, 0.1) is 24.9 Å². The van der Waals surface area contributed by atoms with E-state index in [0.29, 0.717) is 12.1 Å². The number of hydrogen-bond donors (Lipinski definition) is 2. The molecule has 1 heterocycles. The Balaban J connectivity index is 0.00000264. The Bertz CT molecular complexity index is 561. The average molecular weight is 441 g/mol. The van der Waals surface area contributed by atoms with Crippen LogP contribution in [0.2, 0.25) is 0 Å². The predicted molar refractivity (Wildman–Crippen MR) is 93.4 cm³/mol. The summed E-state index contributed by atoms with van der Waals surface area (Å²) in [5, 5.41) is 2.91. The van der Waals surface area contributed by atoms with E-state index in [1.807, 2.05) is 6.08 Å². The number of benzene rings is 1. The second kappa shape index (κ2) is 8.99. The molecule has 3 N–H and O–H groups in total. The number of hydrogen-bond acceptors (Lipinski definition) is 2. The van der Waals surface area contributed by atoms with Gasteiger partial charge in [-0.05, 0) is 36.6 Å². The van der Waals surface area contributed by atoms with Crippen LogP contribution in [0.25, 0.3) is 0 Å². The third-order valence-corrected chi connectivity index (χ3v) is 3.22. The third kappa shape index (κ3) is 6.67. The number of rotatable bonds is 4. The number of allylic oxidation sites excluding steroid dienone is 1. The standard InChI is InChI=1S/C15H18F3N3O.HI/c16-15(17,18)12-5-3-4-11(8-12)9-20-14(19)21-10-13-6-1-2-7-22-13;/h2-5,7-8,13H,1,6,9-10H2,(H3,19,20,21);1H. The fourth-order valence-electron chi connectivity index (χ4n) is 2.03. The lowest BCUT2D eigenvalue weighted by atomic mass is 10.1. The molecule has 128 valence electrons. The van der Waals surface area contributed by atoms with Gasteiger partial charge in [-0.3, -0.25) is 0 Å². The Labute approximate surface area is 150 Å². The van der Waals surface area contributed by atoms with E-state index in [9.17, 15) is 13.2 Å². The topological polar surface area (TPSA) is 59.6 Å². The summed E-state index contributed by atoms with van der Waals surface area (Å²) in [6, 6.07) is 5.05. The average Bonchev–Trinajstić information content (AvgIpc) is 2.51. The first-order chi connectivity index (χ1) is 10.4. The number of aliphatic imine (C=N–C) groups is 1. The monoisotopic (exact) mass is 441 g/mol. The molecule has 1 aliphatic rings. The molecule has 1 unspecified atom stereocenters. The van der Waals surface area contributed by atoms with Crippen molar-refractivity contribution in [1.82, 2.24) is 5.32 Å². The summed E-state index contributed by atoms with van der Waals surface area (Å²) >= 11 is 0. The number of ether oxygens (including phenoxy) is 1. The highest BCUT2D eigenvalue weighted by Gasteiger charge is 2.30. The molecule has 0 amide bonds. The normalized spacial score (nSPS) is 18.0. The van der Waals surface area contributed by atoms with Crippen LogP contribution in [0.1, 0.15) is 24.0 Å². The van der Waals surface area contributed by atoms with Crippen molar-refractivity contribution >= 4 is 29.9 Å². The lowest BCUT2D eigenvalue weighted by molar-refractivity contribution is -0.137. The van der Waals surface area contributed by atoms with Crippen LogP contribution in [-0.4, -0.2) is 18.6 Å². The van der Waals surface area contributed by atoms with Crippen LogP contribution in [0, 0.1) is 0 Å². The molecule has 23 heavy (non-hydrogen) atoms. The van der Waals surface area contributed by atoms with E-state index >= 15 is 0 Å². The van der Waals surface area contributed by atoms with Crippen LogP contribution in [0.5, 0.6) is 0 Å². The van der Waals surface area contributed by atoms with Gasteiger partial charge in [-0.25, -0.2) is 4.99 Å². The van der Waals surface area contributed by atoms with Gasteiger partial charge in [-0.15, -0.1) is 24.0 Å². The number of guanidine groups is 1. The highest BCUT2D eigenvalue weighted by Crippen LogP contribution is 2.29. The maximum absolute atomic E-state index is 12.6. The molecule has 1 aromatic carbocycles. The summed E-state index contributed by atoms with van der Waals surface area (Å²) in [6.07, 6.45) is 1.13. The lowest BCUT2D eigenvalue weighted by Crippen LogP contribution is -2.38. The Morgan fingerprint density at radius 3 is 2.83 bits per heavy atom. The highest BCUT2D eigenvalue weighted by atomic mass is 127. The first kappa shape index (κ1) is 19.6. The number of nitrogens with one attached hydrogen (secondary N) is 1. The van der Waals surface area contributed by atoms with Crippen LogP contribution < -0.4 is 11.1 Å². The first-order valence-electron chi connectivity index (χ1n) is 6.95. The Hall–Kier alpha value is -1.45. The molecule has 4 nitrogen and oxygen atoms in total. The lowest BCUT2D eigenvalue weighted by Gasteiger charge is -2.19. The molecule has 1 aromatic rings. The molecule has 0 aromatic heterocycles. The summed E-state index contributed by atoms with van der Waals surface area (Å²) in [5.41, 5.74) is 5.47. The van der Waals surface area contributed by atoms with Gasteiger partial charge in [-0.1, -0.05) is 12.1 Å². The van der Waals surface area contributed by atoms with Crippen LogP contribution in [0.4, 0.5) is 13.2 Å². The van der Waals surface area contributed by atoms with Gasteiger partial charge in [-0.2, -0.15) is 13.2 Å². The maximum atomic E-state index is 12.6. The van der Waals surface area contributed by atoms with Gasteiger partial charge in [0.2, 0.25) is 0 Å². The maximum Gasteiger partial charge on any atom is 0.416 e. The van der Waals surface area contributed by atoms with Gasteiger partial charge in [0, 0.05) is 0 Å². The molecular formula is C15H19F3IN3O. The molecule has 0 saturated heterocycles. The van der Waals surface area contributed by atoms with Crippen molar-refractivity contribution in [2.45, 2.75) is 31.7 Å². The largest absolute Gasteiger partial charge is 0.497 e. The van der Waals surface area contributed by atoms with Crippen molar-refractivity contribution in [3.05, 3.63) is 47.7 Å². The number of alkyl halides is 3. The van der Waals surface area contributed by atoms with E-state index in [1.165, 1.54) is 6.07 Å². The molecule has 2 rings (SSSR count). The number of halogens is 4. The van der Waals surface area contributed by atoms with E-state index in [-0.39, 0.29) is 42.6 Å². The molecule has 0 aliphatic carbocycles. The van der Waals surface area contributed by atoms with E-state index in [0.717, 1.165) is 25.0 Å². The number of nitrogens with zero attached hydrogens (tertiary/aromatic N) is 1. The highest BCUT2D eigenvalue weighted by molar-refractivity contribution is 14.0. The van der Waals surface area contributed by atoms with E-state index < -0.39 is 11.7 Å². The number of nitrogens with two attached hydrogens (primary N) is 1. The second-order valence-corrected chi connectivity index (χ2v) is 4.99. The van der Waals surface area contributed by atoms with E-state index in [2.05, 4.69) is 10.3 Å². The quantitative estimate of drug-likeness (QED) is 0.428. The Morgan fingerprint density at radius 1 is 1.39 bits per heavy atom. The van der Waals surface area contributed by atoms with Crippen LogP contribution in [0.3, 0.4) is 0 Å². The second-order valence-electron chi connectivity index (χ2n) is 4.99. The van der Waals surface area contributed by atoms with Gasteiger partial charge >= 0.3 is 6.18 Å². The molecule has 0 spiro atoms. The van der Waals surface area contributed by atoms with Crippen LogP contribution >= 0.6 is 24.0 Å². The first-order valence-corrected chi connectivity index (χ1v) is 6.95. The molecule has 1 aliphatic heterocycles. The van der Waals surface area contributed by atoms with Crippen molar-refractivity contribution in [1.29, 1.82) is 0 Å². The summed E-state index contributed by atoms with van der Waals surface area (Å²) in [6.45, 7) is 0.608. The van der Waals surface area contributed by atoms with Crippen LogP contribution in [0.15, 0.2) is 41.6 Å². The molecule has 1 atom stereocenters. The smallest absolute Gasteiger partial charge is 0.416 e. The minimum absolute atomic E-state index is 0. The van der Waals surface area contributed by atoms with Crippen LogP contribution in [-0.2, 0) is 17.5 Å². The van der Waals surface area contributed by atoms with Crippen molar-refractivity contribution < 1.29 is 17.9 Å². The van der Waals surface area contributed by atoms with E-state index in [1.54, 1.807) is 12.3 Å². The summed E-state index contributed by atoms with van der Waals surface area (Å²) < 4.78 is 43.2. The molecule has 0 fully saturated rings. The van der Waals surface area contributed by atoms with Crippen molar-refractivity contribution in [2.75, 3.05) is 6.54 Å². The zero-order valence-corrected chi connectivity index (χ0v) is 14.7. The van der Waals surface area contributed by atoms with Gasteiger partial charge in [0.25, 0.3) is 0 Å². The summed E-state index contributed by atoms with van der Waals surface area (Å²) in [5.74, 6) is 0.190. The van der Waals surface area contributed by atoms with Crippen molar-refractivity contribution in [2.24, 2.45) is 10.7 Å². The molecule has 0 bridgehead atoms. The van der Waals surface area contributed by atoms with Crippen molar-refractivity contribution in [3.8, 4) is 0 Å². The fraction of sp³-hybridized carbons (Fsp3) is 0.400. The minimum Gasteiger partial charge on any atom is -0.497 e. The van der Waals surface area contributed by atoms with Crippen molar-refractivity contribution in [3.63, 3.8) is 0 Å². The Kier molecular flexibility index (Phi) is 7.66. The zero-order valence-electron chi connectivity index (χ0n) is 12.3. The Morgan fingerprint density at radius 2 is 2.17 bits per heavy atom. The SMILES string of the molecule is I.NC(=NCc1cccc(C(F)(F)F)c1)NCC1CCC=CO1. The zero-order chi connectivity index (χ0) is 16.0. The van der Waals surface area contributed by atoms with Gasteiger partial charge in [0.1, 0.15) is 6.10 Å². The summed E-state index contributed by atoms with van der Waals surface area (Å²) in [7, 11) is 0. The van der Waals surface area contributed by atoms with E-state index in [4.69, 9.17) is 10.5 Å².